The second-order valence-electron chi connectivity index (χ2n) is 6.37. The minimum Gasteiger partial charge on any atom is -0.481 e. The molecule has 20 heavy (non-hydrogen) atoms. The summed E-state index contributed by atoms with van der Waals surface area (Å²) in [4.78, 5) is 24.9. The largest absolute Gasteiger partial charge is 0.481 e. The molecule has 2 amide bonds. The molecule has 0 aromatic carbocycles. The van der Waals surface area contributed by atoms with Crippen molar-refractivity contribution in [2.75, 3.05) is 19.7 Å². The zero-order valence-corrected chi connectivity index (χ0v) is 12.2. The van der Waals surface area contributed by atoms with Crippen LogP contribution in [0.2, 0.25) is 0 Å². The Morgan fingerprint density at radius 3 is 2.75 bits per heavy atom. The number of nitrogens with zero attached hydrogens (tertiary/aromatic N) is 1. The maximum atomic E-state index is 12.2. The van der Waals surface area contributed by atoms with Gasteiger partial charge >= 0.3 is 12.0 Å². The van der Waals surface area contributed by atoms with Crippen molar-refractivity contribution in [3.8, 4) is 0 Å². The fraction of sp³-hybridized carbons (Fsp3) is 0.857. The van der Waals surface area contributed by atoms with E-state index in [1.165, 1.54) is 0 Å². The molecule has 0 saturated carbocycles. The molecular weight excluding hydrogens is 260 g/mol. The standard InChI is InChI=1S/C14H24N2O4/c1-14(2)8-11(5-7-20-14)15-13(19)16-6-3-4-10(9-16)12(17)18/h10-11H,3-9H2,1-2H3,(H,15,19)(H,17,18)/t10-,11?/m1/s1. The molecule has 6 nitrogen and oxygen atoms in total. The number of likely N-dealkylation sites (tertiary alicyclic amines) is 1. The number of piperidine rings is 1. The highest BCUT2D eigenvalue weighted by Crippen LogP contribution is 2.24. The smallest absolute Gasteiger partial charge is 0.317 e. The SMILES string of the molecule is CC1(C)CC(NC(=O)N2CCC[C@@H](C(=O)O)C2)CCO1. The number of rotatable bonds is 2. The third-order valence-corrected chi connectivity index (χ3v) is 4.08. The van der Waals surface area contributed by atoms with Crippen molar-refractivity contribution in [1.29, 1.82) is 0 Å². The minimum absolute atomic E-state index is 0.108. The van der Waals surface area contributed by atoms with Crippen molar-refractivity contribution in [2.24, 2.45) is 5.92 Å². The quantitative estimate of drug-likeness (QED) is 0.804. The molecule has 0 bridgehead atoms. The molecule has 2 atom stereocenters. The normalized spacial score (nSPS) is 29.8. The third kappa shape index (κ3) is 3.85. The fourth-order valence-corrected chi connectivity index (χ4v) is 2.98. The molecule has 0 aliphatic carbocycles. The lowest BCUT2D eigenvalue weighted by atomic mass is 9.94. The lowest BCUT2D eigenvalue weighted by molar-refractivity contribution is -0.143. The van der Waals surface area contributed by atoms with E-state index in [4.69, 9.17) is 9.84 Å². The molecule has 2 fully saturated rings. The number of hydrogen-bond donors (Lipinski definition) is 2. The number of carboxylic acids is 1. The molecule has 2 aliphatic rings. The van der Waals surface area contributed by atoms with Gasteiger partial charge in [0, 0.05) is 25.7 Å². The summed E-state index contributed by atoms with van der Waals surface area (Å²) in [6.07, 6.45) is 3.01. The molecule has 2 rings (SSSR count). The zero-order valence-electron chi connectivity index (χ0n) is 12.2. The second kappa shape index (κ2) is 5.99. The molecule has 0 aromatic rings. The van der Waals surface area contributed by atoms with Gasteiger partial charge in [0.2, 0.25) is 0 Å². The fourth-order valence-electron chi connectivity index (χ4n) is 2.98. The van der Waals surface area contributed by atoms with Crippen molar-refractivity contribution in [3.63, 3.8) is 0 Å². The van der Waals surface area contributed by atoms with Crippen LogP contribution < -0.4 is 5.32 Å². The average Bonchev–Trinajstić information content (AvgIpc) is 2.37. The van der Waals surface area contributed by atoms with E-state index in [0.29, 0.717) is 26.1 Å². The van der Waals surface area contributed by atoms with Gasteiger partial charge in [0.25, 0.3) is 0 Å². The zero-order chi connectivity index (χ0) is 14.8. The first-order valence-electron chi connectivity index (χ1n) is 7.29. The van der Waals surface area contributed by atoms with Crippen LogP contribution in [0.15, 0.2) is 0 Å². The lowest BCUT2D eigenvalue weighted by Gasteiger charge is -2.37. The van der Waals surface area contributed by atoms with E-state index in [1.807, 2.05) is 13.8 Å². The number of aliphatic carboxylic acids is 1. The van der Waals surface area contributed by atoms with Crippen LogP contribution in [0.25, 0.3) is 0 Å². The number of carbonyl (C=O) groups excluding carboxylic acids is 1. The molecule has 1 unspecified atom stereocenters. The summed E-state index contributed by atoms with van der Waals surface area (Å²) < 4.78 is 5.63. The van der Waals surface area contributed by atoms with Crippen molar-refractivity contribution in [1.82, 2.24) is 10.2 Å². The van der Waals surface area contributed by atoms with Gasteiger partial charge < -0.3 is 20.1 Å². The molecule has 2 aliphatic heterocycles. The number of carboxylic acid groups (broad SMARTS) is 1. The highest BCUT2D eigenvalue weighted by atomic mass is 16.5. The van der Waals surface area contributed by atoms with Gasteiger partial charge in [-0.05, 0) is 39.5 Å². The Balaban J connectivity index is 1.86. The topological polar surface area (TPSA) is 78.9 Å². The Kier molecular flexibility index (Phi) is 4.52. The van der Waals surface area contributed by atoms with Crippen LogP contribution in [0.5, 0.6) is 0 Å². The second-order valence-corrected chi connectivity index (χ2v) is 6.37. The molecule has 2 heterocycles. The van der Waals surface area contributed by atoms with Crippen LogP contribution in [0.3, 0.4) is 0 Å². The Labute approximate surface area is 119 Å². The number of ether oxygens (including phenoxy) is 1. The summed E-state index contributed by atoms with van der Waals surface area (Å²) in [7, 11) is 0. The van der Waals surface area contributed by atoms with E-state index in [9.17, 15) is 9.59 Å². The van der Waals surface area contributed by atoms with Crippen LogP contribution in [-0.2, 0) is 9.53 Å². The lowest BCUT2D eigenvalue weighted by Crippen LogP contribution is -2.52. The van der Waals surface area contributed by atoms with Gasteiger partial charge in [0.1, 0.15) is 0 Å². The maximum absolute atomic E-state index is 12.2. The molecule has 0 aromatic heterocycles. The van der Waals surface area contributed by atoms with Crippen molar-refractivity contribution < 1.29 is 19.4 Å². The molecular formula is C14H24N2O4. The van der Waals surface area contributed by atoms with Crippen molar-refractivity contribution >= 4 is 12.0 Å². The molecule has 0 spiro atoms. The van der Waals surface area contributed by atoms with Crippen LogP contribution in [0, 0.1) is 5.92 Å². The van der Waals surface area contributed by atoms with Crippen LogP contribution >= 0.6 is 0 Å². The Hall–Kier alpha value is -1.30. The first kappa shape index (κ1) is 15.1. The Morgan fingerprint density at radius 2 is 2.10 bits per heavy atom. The number of hydrogen-bond acceptors (Lipinski definition) is 3. The van der Waals surface area contributed by atoms with Crippen LogP contribution in [-0.4, -0.2) is 53.3 Å². The van der Waals surface area contributed by atoms with Gasteiger partial charge in [-0.25, -0.2) is 4.79 Å². The van der Waals surface area contributed by atoms with Gasteiger partial charge in [0.15, 0.2) is 0 Å². The van der Waals surface area contributed by atoms with E-state index in [0.717, 1.165) is 19.3 Å². The number of nitrogens with one attached hydrogen (secondary N) is 1. The summed E-state index contributed by atoms with van der Waals surface area (Å²) >= 11 is 0. The van der Waals surface area contributed by atoms with E-state index < -0.39 is 11.9 Å². The van der Waals surface area contributed by atoms with Gasteiger partial charge in [-0.1, -0.05) is 0 Å². The van der Waals surface area contributed by atoms with E-state index in [2.05, 4.69) is 5.32 Å². The van der Waals surface area contributed by atoms with Crippen molar-refractivity contribution in [3.05, 3.63) is 0 Å². The van der Waals surface area contributed by atoms with Crippen LogP contribution in [0.1, 0.15) is 39.5 Å². The minimum atomic E-state index is -0.810. The monoisotopic (exact) mass is 284 g/mol. The molecule has 2 saturated heterocycles. The van der Waals surface area contributed by atoms with Crippen LogP contribution in [0.4, 0.5) is 4.79 Å². The molecule has 2 N–H and O–H groups in total. The van der Waals surface area contributed by atoms with E-state index >= 15 is 0 Å². The maximum Gasteiger partial charge on any atom is 0.317 e. The summed E-state index contributed by atoms with van der Waals surface area (Å²) in [5, 5.41) is 12.1. The molecule has 0 radical (unpaired) electrons. The van der Waals surface area contributed by atoms with E-state index in [1.54, 1.807) is 4.90 Å². The average molecular weight is 284 g/mol. The summed E-state index contributed by atoms with van der Waals surface area (Å²) in [6, 6.07) is -0.0323. The summed E-state index contributed by atoms with van der Waals surface area (Å²) in [5.41, 5.74) is -0.207. The highest BCUT2D eigenvalue weighted by molar-refractivity contribution is 5.76. The van der Waals surface area contributed by atoms with E-state index in [-0.39, 0.29) is 17.7 Å². The molecule has 6 heteroatoms. The Morgan fingerprint density at radius 1 is 1.35 bits per heavy atom. The Bertz CT molecular complexity index is 383. The number of amides is 2. The first-order chi connectivity index (χ1) is 9.37. The highest BCUT2D eigenvalue weighted by Gasteiger charge is 2.32. The van der Waals surface area contributed by atoms with Gasteiger partial charge in [-0.2, -0.15) is 0 Å². The summed E-state index contributed by atoms with van der Waals surface area (Å²) in [6.45, 7) is 5.64. The summed E-state index contributed by atoms with van der Waals surface area (Å²) in [5.74, 6) is -1.24. The number of urea groups is 1. The number of carbonyl (C=O) groups is 2. The third-order valence-electron chi connectivity index (χ3n) is 4.08. The van der Waals surface area contributed by atoms with Gasteiger partial charge in [0.05, 0.1) is 11.5 Å². The predicted octanol–water partition coefficient (Wildman–Crippen LogP) is 1.45. The van der Waals surface area contributed by atoms with Crippen molar-refractivity contribution in [2.45, 2.75) is 51.2 Å². The molecule has 114 valence electrons. The predicted molar refractivity (Wildman–Crippen MR) is 73.5 cm³/mol. The van der Waals surface area contributed by atoms with Gasteiger partial charge in [-0.15, -0.1) is 0 Å². The first-order valence-corrected chi connectivity index (χ1v) is 7.29. The van der Waals surface area contributed by atoms with Gasteiger partial charge in [-0.3, -0.25) is 4.79 Å².